The molecule has 0 aliphatic carbocycles. The van der Waals surface area contributed by atoms with Crippen LogP contribution in [0.5, 0.6) is 0 Å². The molecule has 0 spiro atoms. The minimum absolute atomic E-state index is 0.0236. The minimum atomic E-state index is -1.18. The van der Waals surface area contributed by atoms with Crippen LogP contribution in [0.3, 0.4) is 0 Å². The molecule has 24 heavy (non-hydrogen) atoms. The summed E-state index contributed by atoms with van der Waals surface area (Å²) in [7, 11) is 0. The zero-order valence-corrected chi connectivity index (χ0v) is 13.7. The van der Waals surface area contributed by atoms with Crippen LogP contribution in [0.1, 0.15) is 41.4 Å². The van der Waals surface area contributed by atoms with Crippen LogP contribution >= 0.6 is 0 Å². The Morgan fingerprint density at radius 1 is 1.29 bits per heavy atom. The van der Waals surface area contributed by atoms with Gasteiger partial charge >= 0.3 is 5.97 Å². The number of benzene rings is 1. The molecular formula is C18H21N3O3. The van der Waals surface area contributed by atoms with Gasteiger partial charge in [0.25, 0.3) is 5.91 Å². The molecule has 0 saturated carbocycles. The first-order valence-electron chi connectivity index (χ1n) is 8.14. The fourth-order valence-electron chi connectivity index (χ4n) is 3.07. The van der Waals surface area contributed by atoms with E-state index < -0.39 is 11.4 Å². The van der Waals surface area contributed by atoms with Crippen LogP contribution in [-0.4, -0.2) is 33.3 Å². The molecule has 3 rings (SSSR count). The van der Waals surface area contributed by atoms with E-state index in [0.29, 0.717) is 11.1 Å². The van der Waals surface area contributed by atoms with Crippen molar-refractivity contribution in [2.75, 3.05) is 6.54 Å². The summed E-state index contributed by atoms with van der Waals surface area (Å²) >= 11 is 0. The summed E-state index contributed by atoms with van der Waals surface area (Å²) in [6.07, 6.45) is 4.53. The highest BCUT2D eigenvalue weighted by Crippen LogP contribution is 2.24. The number of carboxylic acids is 1. The maximum Gasteiger partial charge on any atom is 0.315 e. The molecule has 2 heterocycles. The number of hydrogen-bond donors (Lipinski definition) is 2. The van der Waals surface area contributed by atoms with Gasteiger partial charge in [-0.1, -0.05) is 30.3 Å². The number of fused-ring (bicyclic) bond motifs is 1. The first-order valence-corrected chi connectivity index (χ1v) is 8.14. The third-order valence-electron chi connectivity index (χ3n) is 4.71. The molecule has 2 N–H and O–H groups in total. The maximum absolute atomic E-state index is 12.5. The van der Waals surface area contributed by atoms with Crippen molar-refractivity contribution >= 4 is 11.9 Å². The van der Waals surface area contributed by atoms with Crippen molar-refractivity contribution in [3.05, 3.63) is 53.3 Å². The first kappa shape index (κ1) is 16.2. The largest absolute Gasteiger partial charge is 0.481 e. The Labute approximate surface area is 140 Å². The van der Waals surface area contributed by atoms with Gasteiger partial charge in [0.05, 0.1) is 17.5 Å². The van der Waals surface area contributed by atoms with E-state index >= 15 is 0 Å². The van der Waals surface area contributed by atoms with Crippen LogP contribution < -0.4 is 5.32 Å². The normalized spacial score (nSPS) is 16.0. The number of hydrogen-bond acceptors (Lipinski definition) is 3. The molecule has 6 nitrogen and oxygen atoms in total. The van der Waals surface area contributed by atoms with Crippen LogP contribution in [0.25, 0.3) is 0 Å². The van der Waals surface area contributed by atoms with Gasteiger partial charge in [-0.2, -0.15) is 5.10 Å². The second-order valence-electron chi connectivity index (χ2n) is 6.37. The molecule has 2 aromatic rings. The molecule has 0 unspecified atom stereocenters. The fraction of sp³-hybridized carbons (Fsp3) is 0.389. The number of carbonyl (C=O) groups excluding carboxylic acids is 1. The van der Waals surface area contributed by atoms with Crippen LogP contribution in [0.2, 0.25) is 0 Å². The summed E-state index contributed by atoms with van der Waals surface area (Å²) in [5.41, 5.74) is 0.977. The highest BCUT2D eigenvalue weighted by molar-refractivity contribution is 5.95. The molecule has 1 aromatic heterocycles. The van der Waals surface area contributed by atoms with Crippen molar-refractivity contribution in [1.82, 2.24) is 15.1 Å². The van der Waals surface area contributed by atoms with E-state index in [-0.39, 0.29) is 12.5 Å². The van der Waals surface area contributed by atoms with Crippen LogP contribution in [0, 0.1) is 0 Å². The lowest BCUT2D eigenvalue weighted by atomic mass is 9.82. The molecule has 1 aromatic carbocycles. The topological polar surface area (TPSA) is 84.2 Å². The van der Waals surface area contributed by atoms with Crippen molar-refractivity contribution in [3.63, 3.8) is 0 Å². The molecule has 126 valence electrons. The van der Waals surface area contributed by atoms with Gasteiger partial charge in [0.15, 0.2) is 0 Å². The monoisotopic (exact) mass is 327 g/mol. The quantitative estimate of drug-likeness (QED) is 0.879. The van der Waals surface area contributed by atoms with Gasteiger partial charge in [0.2, 0.25) is 0 Å². The van der Waals surface area contributed by atoms with Crippen molar-refractivity contribution in [3.8, 4) is 0 Å². The molecule has 0 fully saturated rings. The van der Waals surface area contributed by atoms with E-state index in [0.717, 1.165) is 31.5 Å². The third-order valence-corrected chi connectivity index (χ3v) is 4.71. The molecule has 0 saturated heterocycles. The lowest BCUT2D eigenvalue weighted by Crippen LogP contribution is -2.44. The molecule has 1 aliphatic rings. The van der Waals surface area contributed by atoms with Crippen LogP contribution in [0.4, 0.5) is 0 Å². The number of aromatic nitrogens is 2. The number of carboxylic acid groups (broad SMARTS) is 1. The number of aryl methyl sites for hydroxylation is 1. The van der Waals surface area contributed by atoms with Crippen molar-refractivity contribution in [2.24, 2.45) is 0 Å². The smallest absolute Gasteiger partial charge is 0.315 e. The van der Waals surface area contributed by atoms with E-state index in [1.165, 1.54) is 0 Å². The molecule has 1 amide bonds. The highest BCUT2D eigenvalue weighted by Gasteiger charge is 2.36. The summed E-state index contributed by atoms with van der Waals surface area (Å²) in [5, 5.41) is 16.7. The van der Waals surface area contributed by atoms with E-state index in [1.54, 1.807) is 37.4 Å². The van der Waals surface area contributed by atoms with Crippen molar-refractivity contribution in [1.29, 1.82) is 0 Å². The number of carbonyl (C=O) groups is 2. The molecule has 6 heteroatoms. The van der Waals surface area contributed by atoms with Gasteiger partial charge in [-0.05, 0) is 31.7 Å². The zero-order valence-electron chi connectivity index (χ0n) is 13.7. The molecule has 1 atom stereocenters. The molecule has 0 bridgehead atoms. The second kappa shape index (κ2) is 6.47. The van der Waals surface area contributed by atoms with Crippen molar-refractivity contribution < 1.29 is 14.7 Å². The van der Waals surface area contributed by atoms with E-state index in [2.05, 4.69) is 10.4 Å². The van der Waals surface area contributed by atoms with Gasteiger partial charge < -0.3 is 10.4 Å². The Kier molecular flexibility index (Phi) is 4.38. The average Bonchev–Trinajstić information content (AvgIpc) is 3.04. The highest BCUT2D eigenvalue weighted by atomic mass is 16.4. The van der Waals surface area contributed by atoms with Crippen molar-refractivity contribution in [2.45, 2.75) is 38.1 Å². The Hall–Kier alpha value is -2.63. The number of rotatable bonds is 5. The summed E-state index contributed by atoms with van der Waals surface area (Å²) < 4.78 is 1.87. The van der Waals surface area contributed by atoms with Gasteiger partial charge in [0, 0.05) is 13.1 Å². The Morgan fingerprint density at radius 3 is 2.75 bits per heavy atom. The summed E-state index contributed by atoms with van der Waals surface area (Å²) in [4.78, 5) is 24.3. The van der Waals surface area contributed by atoms with Crippen LogP contribution in [-0.2, 0) is 23.2 Å². The van der Waals surface area contributed by atoms with Gasteiger partial charge in [-0.3, -0.25) is 14.3 Å². The second-order valence-corrected chi connectivity index (χ2v) is 6.37. The summed E-state index contributed by atoms with van der Waals surface area (Å²) in [5.74, 6) is -1.23. The SMILES string of the molecule is C[C@](CNC(=O)c1cnn2c1CCCC2)(C(=O)O)c1ccccc1. The maximum atomic E-state index is 12.5. The third kappa shape index (κ3) is 2.91. The number of nitrogens with zero attached hydrogens (tertiary/aromatic N) is 2. The average molecular weight is 327 g/mol. The molecular weight excluding hydrogens is 306 g/mol. The van der Waals surface area contributed by atoms with E-state index in [9.17, 15) is 14.7 Å². The summed E-state index contributed by atoms with van der Waals surface area (Å²) in [6, 6.07) is 8.96. The fourth-order valence-corrected chi connectivity index (χ4v) is 3.07. The predicted molar refractivity (Wildman–Crippen MR) is 88.9 cm³/mol. The number of aliphatic carboxylic acids is 1. The zero-order chi connectivity index (χ0) is 17.2. The van der Waals surface area contributed by atoms with Gasteiger partial charge in [-0.25, -0.2) is 0 Å². The Balaban J connectivity index is 1.77. The summed E-state index contributed by atoms with van der Waals surface area (Å²) in [6.45, 7) is 2.48. The van der Waals surface area contributed by atoms with E-state index in [4.69, 9.17) is 0 Å². The number of amides is 1. The standard InChI is InChI=1S/C18H21N3O3/c1-18(17(23)24,13-7-3-2-4-8-13)12-19-16(22)14-11-20-21-10-6-5-9-15(14)21/h2-4,7-8,11H,5-6,9-10,12H2,1H3,(H,19,22)(H,23,24)/t18-/m1/s1. The van der Waals surface area contributed by atoms with Gasteiger partial charge in [0.1, 0.15) is 5.41 Å². The van der Waals surface area contributed by atoms with Gasteiger partial charge in [-0.15, -0.1) is 0 Å². The lowest BCUT2D eigenvalue weighted by molar-refractivity contribution is -0.142. The number of nitrogens with one attached hydrogen (secondary N) is 1. The van der Waals surface area contributed by atoms with Crippen LogP contribution in [0.15, 0.2) is 36.5 Å². The molecule has 0 radical (unpaired) electrons. The first-order chi connectivity index (χ1) is 11.5. The lowest BCUT2D eigenvalue weighted by Gasteiger charge is -2.25. The molecule has 1 aliphatic heterocycles. The Bertz CT molecular complexity index is 754. The Morgan fingerprint density at radius 2 is 2.04 bits per heavy atom. The predicted octanol–water partition coefficient (Wildman–Crippen LogP) is 1.99. The van der Waals surface area contributed by atoms with E-state index in [1.807, 2.05) is 10.7 Å². The minimum Gasteiger partial charge on any atom is -0.481 e.